The molecule has 2 N–H and O–H groups in total. The van der Waals surface area contributed by atoms with Gasteiger partial charge in [0.2, 0.25) is 15.9 Å². The number of fused-ring (bicyclic) bond motifs is 5. The van der Waals surface area contributed by atoms with Crippen LogP contribution < -0.4 is 19.8 Å². The molecule has 12 nitrogen and oxygen atoms in total. The van der Waals surface area contributed by atoms with Crippen molar-refractivity contribution in [1.82, 2.24) is 24.9 Å². The highest BCUT2D eigenvalue weighted by atomic mass is 35.5. The highest BCUT2D eigenvalue weighted by molar-refractivity contribution is 7.92. The lowest BCUT2D eigenvalue weighted by Crippen LogP contribution is -2.51. The van der Waals surface area contributed by atoms with E-state index in [4.69, 9.17) is 16.6 Å². The number of halogens is 7. The summed E-state index contributed by atoms with van der Waals surface area (Å²) in [6, 6.07) is 10.5. The Bertz CT molecular complexity index is 2730. The Balaban J connectivity index is 1.18. The SMILES string of the molecule is Cn1nc(NS(C)(=O)=O)c2c(Cl)ccc(N3Cc4ccc(N5CC=CC5)cc4N=C3[C@H](Cc3cc(F)cc(F)c3)NC(=O)Cn3nc(C(F)F)c4c3C(F)(F)[C@@H]3C[C@H]43)c21. The van der Waals surface area contributed by atoms with Crippen molar-refractivity contribution in [3.8, 4) is 0 Å². The average molecular weight is 858 g/mol. The summed E-state index contributed by atoms with van der Waals surface area (Å²) in [6.07, 6.45) is 1.61. The van der Waals surface area contributed by atoms with E-state index in [1.165, 1.54) is 10.7 Å². The maximum absolute atomic E-state index is 15.5. The zero-order valence-corrected chi connectivity index (χ0v) is 32.8. The zero-order chi connectivity index (χ0) is 41.7. The van der Waals surface area contributed by atoms with Crippen LogP contribution >= 0.6 is 11.6 Å². The van der Waals surface area contributed by atoms with E-state index in [0.717, 1.165) is 29.6 Å². The van der Waals surface area contributed by atoms with Crippen LogP contribution in [0.15, 0.2) is 65.7 Å². The molecule has 3 atom stereocenters. The van der Waals surface area contributed by atoms with E-state index < -0.39 is 75.7 Å². The molecule has 3 aromatic carbocycles. The summed E-state index contributed by atoms with van der Waals surface area (Å²) >= 11 is 6.67. The minimum Gasteiger partial charge on any atom is -0.364 e. The average Bonchev–Trinajstić information content (AvgIpc) is 3.40. The quantitative estimate of drug-likeness (QED) is 0.107. The standard InChI is InChI=1S/C39H34ClF6N9O3S/c1-52-34-29(8-7-26(40)32(34)37(50-52)51-59(2,57)58)54-17-20-5-6-23(53-9-3-4-10-53)15-27(20)48-38(54)28(13-19-11-21(41)14-22(42)12-19)47-30(56)18-55-35-31(33(49-55)36(43)44)24-16-25(24)39(35,45)46/h3-8,11-12,14-15,24-25,28,36H,9-10,13,16-18H2,1-2H3,(H,47,56)(H,50,51)/t24-,25+,28-/m0/s1. The van der Waals surface area contributed by atoms with Crippen LogP contribution in [0.1, 0.15) is 46.8 Å². The van der Waals surface area contributed by atoms with Crippen molar-refractivity contribution < 1.29 is 39.6 Å². The van der Waals surface area contributed by atoms with Gasteiger partial charge in [0.05, 0.1) is 46.1 Å². The molecule has 0 radical (unpaired) electrons. The van der Waals surface area contributed by atoms with E-state index in [0.29, 0.717) is 40.7 Å². The second-order valence-electron chi connectivity index (χ2n) is 15.2. The van der Waals surface area contributed by atoms with Crippen LogP contribution in [-0.2, 0) is 47.3 Å². The molecule has 0 spiro atoms. The normalized spacial score (nSPS) is 19.5. The molecule has 20 heteroatoms. The Morgan fingerprint density at radius 3 is 2.46 bits per heavy atom. The molecular formula is C39H34ClF6N9O3S. The first-order valence-corrected chi connectivity index (χ1v) is 20.8. The third-order valence-corrected chi connectivity index (χ3v) is 11.9. The predicted molar refractivity (Wildman–Crippen MR) is 209 cm³/mol. The van der Waals surface area contributed by atoms with Gasteiger partial charge in [-0.1, -0.05) is 29.8 Å². The molecule has 308 valence electrons. The van der Waals surface area contributed by atoms with Gasteiger partial charge in [-0.15, -0.1) is 0 Å². The lowest BCUT2D eigenvalue weighted by atomic mass is 10.00. The van der Waals surface area contributed by atoms with E-state index in [1.54, 1.807) is 18.0 Å². The summed E-state index contributed by atoms with van der Waals surface area (Å²) in [6.45, 7) is 0.543. The molecule has 1 saturated carbocycles. The first-order chi connectivity index (χ1) is 28.0. The molecule has 4 aliphatic rings. The molecule has 0 bridgehead atoms. The maximum atomic E-state index is 15.5. The molecule has 59 heavy (non-hydrogen) atoms. The minimum absolute atomic E-state index is 0.0391. The highest BCUT2D eigenvalue weighted by Gasteiger charge is 2.67. The molecule has 0 saturated heterocycles. The van der Waals surface area contributed by atoms with Crippen LogP contribution in [0.2, 0.25) is 5.02 Å². The lowest BCUT2D eigenvalue weighted by Gasteiger charge is -2.36. The maximum Gasteiger partial charge on any atom is 0.293 e. The number of carbonyl (C=O) groups is 1. The number of alkyl halides is 4. The predicted octanol–water partition coefficient (Wildman–Crippen LogP) is 7.07. The van der Waals surface area contributed by atoms with Crippen molar-refractivity contribution in [3.05, 3.63) is 105 Å². The van der Waals surface area contributed by atoms with Gasteiger partial charge in [0.1, 0.15) is 35.4 Å². The number of anilines is 3. The molecule has 5 aromatic rings. The van der Waals surface area contributed by atoms with Crippen molar-refractivity contribution >= 4 is 67.1 Å². The Kier molecular flexibility index (Phi) is 9.26. The van der Waals surface area contributed by atoms with Gasteiger partial charge < -0.3 is 15.1 Å². The third kappa shape index (κ3) is 6.96. The molecule has 2 aliphatic heterocycles. The molecule has 2 aromatic heterocycles. The first-order valence-electron chi connectivity index (χ1n) is 18.5. The van der Waals surface area contributed by atoms with E-state index in [2.05, 4.69) is 25.1 Å². The van der Waals surface area contributed by atoms with Crippen LogP contribution in [-0.4, -0.2) is 65.1 Å². The number of benzene rings is 3. The smallest absolute Gasteiger partial charge is 0.293 e. The van der Waals surface area contributed by atoms with Crippen molar-refractivity contribution in [2.75, 3.05) is 33.9 Å². The number of aromatic nitrogens is 4. The number of rotatable bonds is 11. The summed E-state index contributed by atoms with van der Waals surface area (Å²) in [5.74, 6) is -8.03. The summed E-state index contributed by atoms with van der Waals surface area (Å²) in [7, 11) is -2.24. The van der Waals surface area contributed by atoms with Crippen molar-refractivity contribution in [3.63, 3.8) is 0 Å². The Morgan fingerprint density at radius 1 is 1.03 bits per heavy atom. The van der Waals surface area contributed by atoms with Crippen LogP contribution in [0.4, 0.5) is 49.2 Å². The van der Waals surface area contributed by atoms with Crippen LogP contribution in [0.25, 0.3) is 10.9 Å². The molecule has 9 rings (SSSR count). The van der Waals surface area contributed by atoms with Crippen LogP contribution in [0.3, 0.4) is 0 Å². The van der Waals surface area contributed by atoms with E-state index in [9.17, 15) is 30.8 Å². The Labute approximate surface area is 338 Å². The molecule has 0 unspecified atom stereocenters. The Morgan fingerprint density at radius 2 is 1.76 bits per heavy atom. The van der Waals surface area contributed by atoms with Crippen molar-refractivity contribution in [2.45, 2.75) is 50.2 Å². The summed E-state index contributed by atoms with van der Waals surface area (Å²) in [4.78, 5) is 23.0. The second kappa shape index (κ2) is 14.0. The molecule has 1 fully saturated rings. The fraction of sp³-hybridized carbons (Fsp3) is 0.333. The number of nitrogens with zero attached hydrogens (tertiary/aromatic N) is 7. The molecule has 1 amide bonds. The van der Waals surface area contributed by atoms with Gasteiger partial charge in [-0.25, -0.2) is 31.0 Å². The number of aryl methyl sites for hydroxylation is 1. The molecular weight excluding hydrogens is 824 g/mol. The number of aliphatic imine (C=N–C) groups is 1. The zero-order valence-electron chi connectivity index (χ0n) is 31.2. The number of carbonyl (C=O) groups excluding carboxylic acids is 1. The van der Waals surface area contributed by atoms with Gasteiger partial charge in [-0.05, 0) is 59.9 Å². The number of amidine groups is 1. The van der Waals surface area contributed by atoms with Gasteiger partial charge in [-0.3, -0.25) is 18.9 Å². The summed E-state index contributed by atoms with van der Waals surface area (Å²) < 4.78 is 118. The fourth-order valence-corrected chi connectivity index (χ4v) is 9.27. The summed E-state index contributed by atoms with van der Waals surface area (Å²) in [5.41, 5.74) is 1.19. The number of amides is 1. The number of hydrogen-bond donors (Lipinski definition) is 2. The number of nitrogens with one attached hydrogen (secondary N) is 2. The van der Waals surface area contributed by atoms with Crippen molar-refractivity contribution in [1.29, 1.82) is 0 Å². The second-order valence-corrected chi connectivity index (χ2v) is 17.3. The van der Waals surface area contributed by atoms with Crippen molar-refractivity contribution in [2.24, 2.45) is 18.0 Å². The lowest BCUT2D eigenvalue weighted by molar-refractivity contribution is -0.122. The number of sulfonamides is 1. The minimum atomic E-state index is -3.82. The van der Waals surface area contributed by atoms with E-state index >= 15 is 8.78 Å². The Hall–Kier alpha value is -5.56. The monoisotopic (exact) mass is 857 g/mol. The van der Waals surface area contributed by atoms with Gasteiger partial charge in [0.25, 0.3) is 12.3 Å². The first kappa shape index (κ1) is 38.9. The van der Waals surface area contributed by atoms with Crippen LogP contribution in [0.5, 0.6) is 0 Å². The van der Waals surface area contributed by atoms with Gasteiger partial charge in [0, 0.05) is 49.8 Å². The topological polar surface area (TPSA) is 130 Å². The van der Waals surface area contributed by atoms with E-state index in [1.807, 2.05) is 30.4 Å². The molecule has 4 heterocycles. The third-order valence-electron chi connectivity index (χ3n) is 11.1. The van der Waals surface area contributed by atoms with Gasteiger partial charge in [0.15, 0.2) is 5.82 Å². The summed E-state index contributed by atoms with van der Waals surface area (Å²) in [5, 5.41) is 11.4. The number of hydrogen-bond acceptors (Lipinski definition) is 8. The van der Waals surface area contributed by atoms with Gasteiger partial charge in [-0.2, -0.15) is 19.0 Å². The largest absolute Gasteiger partial charge is 0.364 e. The van der Waals surface area contributed by atoms with Gasteiger partial charge >= 0.3 is 0 Å². The molecule has 2 aliphatic carbocycles. The van der Waals surface area contributed by atoms with Crippen LogP contribution in [0, 0.1) is 17.6 Å². The fourth-order valence-electron chi connectivity index (χ4n) is 8.53. The highest BCUT2D eigenvalue weighted by Crippen LogP contribution is 2.68. The van der Waals surface area contributed by atoms with E-state index in [-0.39, 0.29) is 52.6 Å².